The highest BCUT2D eigenvalue weighted by atomic mass is 16.2. The molecule has 0 aromatic carbocycles. The Morgan fingerprint density at radius 3 is 2.82 bits per heavy atom. The molecule has 1 aromatic heterocycles. The van der Waals surface area contributed by atoms with Gasteiger partial charge >= 0.3 is 0 Å². The third-order valence-corrected chi connectivity index (χ3v) is 4.32. The number of nitrogens with one attached hydrogen (secondary N) is 1. The van der Waals surface area contributed by atoms with E-state index < -0.39 is 0 Å². The van der Waals surface area contributed by atoms with Crippen LogP contribution in [0.1, 0.15) is 69.3 Å². The van der Waals surface area contributed by atoms with Gasteiger partial charge in [-0.15, -0.1) is 0 Å². The average Bonchev–Trinajstić information content (AvgIpc) is 2.58. The summed E-state index contributed by atoms with van der Waals surface area (Å²) in [7, 11) is 0. The molecule has 1 aliphatic rings. The average molecular weight is 304 g/mol. The molecule has 1 aliphatic heterocycles. The van der Waals surface area contributed by atoms with E-state index in [0.29, 0.717) is 11.7 Å². The van der Waals surface area contributed by atoms with E-state index in [-0.39, 0.29) is 5.91 Å². The monoisotopic (exact) mass is 304 g/mol. The lowest BCUT2D eigenvalue weighted by molar-refractivity contribution is 0.0601. The molecule has 0 aliphatic carbocycles. The van der Waals surface area contributed by atoms with Crippen molar-refractivity contribution in [3.8, 4) is 0 Å². The number of carbonyl (C=O) groups excluding carboxylic acids is 1. The number of anilines is 1. The van der Waals surface area contributed by atoms with Gasteiger partial charge in [0.1, 0.15) is 11.5 Å². The smallest absolute Gasteiger partial charge is 0.274 e. The summed E-state index contributed by atoms with van der Waals surface area (Å²) in [5.41, 5.74) is 0.458. The van der Waals surface area contributed by atoms with Gasteiger partial charge in [0, 0.05) is 19.1 Å². The van der Waals surface area contributed by atoms with Gasteiger partial charge in [0.25, 0.3) is 5.91 Å². The topological polar surface area (TPSA) is 58.1 Å². The maximum atomic E-state index is 12.6. The summed E-state index contributed by atoms with van der Waals surface area (Å²) in [5, 5.41) is 3.25. The highest BCUT2D eigenvalue weighted by Crippen LogP contribution is 2.21. The summed E-state index contributed by atoms with van der Waals surface area (Å²) < 4.78 is 0. The number of unbranched alkanes of at least 4 members (excludes halogenated alkanes) is 2. The van der Waals surface area contributed by atoms with Crippen molar-refractivity contribution in [2.75, 3.05) is 18.4 Å². The van der Waals surface area contributed by atoms with Crippen LogP contribution in [-0.4, -0.2) is 39.9 Å². The fourth-order valence-electron chi connectivity index (χ4n) is 2.96. The van der Waals surface area contributed by atoms with E-state index in [0.717, 1.165) is 44.6 Å². The zero-order chi connectivity index (χ0) is 15.8. The normalized spacial score (nSPS) is 18.3. The summed E-state index contributed by atoms with van der Waals surface area (Å²) in [5.74, 6) is 0.773. The molecule has 1 saturated heterocycles. The van der Waals surface area contributed by atoms with E-state index in [1.54, 1.807) is 12.4 Å². The minimum atomic E-state index is 0.0246. The van der Waals surface area contributed by atoms with Gasteiger partial charge < -0.3 is 10.2 Å². The quantitative estimate of drug-likeness (QED) is 0.783. The molecule has 22 heavy (non-hydrogen) atoms. The predicted octanol–water partition coefficient (Wildman–Crippen LogP) is 3.48. The largest absolute Gasteiger partial charge is 0.369 e. The Morgan fingerprint density at radius 2 is 2.14 bits per heavy atom. The van der Waals surface area contributed by atoms with Crippen molar-refractivity contribution in [3.05, 3.63) is 18.1 Å². The van der Waals surface area contributed by atoms with E-state index in [9.17, 15) is 4.79 Å². The van der Waals surface area contributed by atoms with Crippen LogP contribution in [0.4, 0.5) is 5.82 Å². The van der Waals surface area contributed by atoms with E-state index in [2.05, 4.69) is 29.1 Å². The molecule has 1 unspecified atom stereocenters. The zero-order valence-electron chi connectivity index (χ0n) is 13.8. The van der Waals surface area contributed by atoms with Gasteiger partial charge in [0.15, 0.2) is 0 Å². The van der Waals surface area contributed by atoms with Gasteiger partial charge in [-0.2, -0.15) is 0 Å². The lowest BCUT2D eigenvalue weighted by Crippen LogP contribution is -2.43. The molecule has 0 radical (unpaired) electrons. The Labute approximate surface area is 133 Å². The van der Waals surface area contributed by atoms with Crippen LogP contribution in [0, 0.1) is 0 Å². The van der Waals surface area contributed by atoms with E-state index in [1.165, 1.54) is 19.3 Å². The fourth-order valence-corrected chi connectivity index (χ4v) is 2.96. The Balaban J connectivity index is 1.92. The van der Waals surface area contributed by atoms with Gasteiger partial charge in [0.05, 0.1) is 12.4 Å². The molecule has 122 valence electrons. The van der Waals surface area contributed by atoms with Gasteiger partial charge in [0.2, 0.25) is 0 Å². The summed E-state index contributed by atoms with van der Waals surface area (Å²) in [6.07, 6.45) is 11.2. The Bertz CT molecular complexity index is 460. The van der Waals surface area contributed by atoms with Gasteiger partial charge in [-0.05, 0) is 32.1 Å². The maximum absolute atomic E-state index is 12.6. The van der Waals surface area contributed by atoms with Gasteiger partial charge in [-0.3, -0.25) is 4.79 Å². The molecule has 2 heterocycles. The molecule has 1 aromatic rings. The first-order chi connectivity index (χ1) is 10.8. The van der Waals surface area contributed by atoms with Crippen molar-refractivity contribution in [1.29, 1.82) is 0 Å². The molecule has 1 fully saturated rings. The van der Waals surface area contributed by atoms with Crippen LogP contribution in [0.2, 0.25) is 0 Å². The number of hydrogen-bond donors (Lipinski definition) is 1. The highest BCUT2D eigenvalue weighted by molar-refractivity contribution is 5.92. The second-order valence-electron chi connectivity index (χ2n) is 5.98. The minimum Gasteiger partial charge on any atom is -0.369 e. The first-order valence-corrected chi connectivity index (χ1v) is 8.63. The van der Waals surface area contributed by atoms with Crippen LogP contribution < -0.4 is 5.32 Å². The highest BCUT2D eigenvalue weighted by Gasteiger charge is 2.26. The molecule has 1 atom stereocenters. The van der Waals surface area contributed by atoms with Gasteiger partial charge in [-0.25, -0.2) is 9.97 Å². The lowest BCUT2D eigenvalue weighted by atomic mass is 10.00. The molecule has 0 spiro atoms. The number of likely N-dealkylation sites (tertiary alicyclic amines) is 1. The molecular weight excluding hydrogens is 276 g/mol. The second kappa shape index (κ2) is 8.71. The Kier molecular flexibility index (Phi) is 6.62. The van der Waals surface area contributed by atoms with Crippen LogP contribution in [0.5, 0.6) is 0 Å². The number of aromatic nitrogens is 2. The van der Waals surface area contributed by atoms with E-state index >= 15 is 0 Å². The van der Waals surface area contributed by atoms with Crippen LogP contribution >= 0.6 is 0 Å². The van der Waals surface area contributed by atoms with Crippen molar-refractivity contribution in [2.24, 2.45) is 0 Å². The molecular formula is C17H28N4O. The summed E-state index contributed by atoms with van der Waals surface area (Å²) in [6.45, 7) is 6.07. The van der Waals surface area contributed by atoms with Crippen molar-refractivity contribution in [1.82, 2.24) is 14.9 Å². The molecule has 2 rings (SSSR count). The van der Waals surface area contributed by atoms with Crippen LogP contribution in [0.25, 0.3) is 0 Å². The van der Waals surface area contributed by atoms with Crippen LogP contribution in [0.3, 0.4) is 0 Å². The number of piperidine rings is 1. The first-order valence-electron chi connectivity index (χ1n) is 8.63. The van der Waals surface area contributed by atoms with E-state index in [4.69, 9.17) is 0 Å². The summed E-state index contributed by atoms with van der Waals surface area (Å²) in [4.78, 5) is 23.2. The van der Waals surface area contributed by atoms with Crippen molar-refractivity contribution < 1.29 is 4.79 Å². The number of rotatable bonds is 7. The minimum absolute atomic E-state index is 0.0246. The predicted molar refractivity (Wildman–Crippen MR) is 89.0 cm³/mol. The maximum Gasteiger partial charge on any atom is 0.274 e. The lowest BCUT2D eigenvalue weighted by Gasteiger charge is -2.34. The summed E-state index contributed by atoms with van der Waals surface area (Å²) in [6, 6.07) is 0.356. The second-order valence-corrected chi connectivity index (χ2v) is 5.98. The zero-order valence-corrected chi connectivity index (χ0v) is 13.8. The Morgan fingerprint density at radius 1 is 1.27 bits per heavy atom. The number of amides is 1. The number of nitrogens with zero attached hydrogens (tertiary/aromatic N) is 3. The molecule has 1 N–H and O–H groups in total. The molecule has 0 bridgehead atoms. The van der Waals surface area contributed by atoms with Crippen LogP contribution in [-0.2, 0) is 0 Å². The third kappa shape index (κ3) is 4.42. The van der Waals surface area contributed by atoms with Crippen molar-refractivity contribution in [3.63, 3.8) is 0 Å². The molecule has 0 saturated carbocycles. The fraction of sp³-hybridized carbons (Fsp3) is 0.706. The SMILES string of the molecule is CCCCCNc1cnc(C(=O)N2CCCCC2CC)cn1. The van der Waals surface area contributed by atoms with Gasteiger partial charge in [-0.1, -0.05) is 26.7 Å². The molecule has 5 nitrogen and oxygen atoms in total. The molecule has 5 heteroatoms. The summed E-state index contributed by atoms with van der Waals surface area (Å²) >= 11 is 0. The first kappa shape index (κ1) is 16.7. The number of hydrogen-bond acceptors (Lipinski definition) is 4. The molecule has 1 amide bonds. The van der Waals surface area contributed by atoms with Crippen LogP contribution in [0.15, 0.2) is 12.4 Å². The number of carbonyl (C=O) groups is 1. The standard InChI is InChI=1S/C17H28N4O/c1-3-5-7-10-18-16-13-19-15(12-20-16)17(22)21-11-8-6-9-14(21)4-2/h12-14H,3-11H2,1-2H3,(H,18,20). The third-order valence-electron chi connectivity index (χ3n) is 4.32. The van der Waals surface area contributed by atoms with Crippen molar-refractivity contribution >= 4 is 11.7 Å². The Hall–Kier alpha value is -1.65. The van der Waals surface area contributed by atoms with E-state index in [1.807, 2.05) is 4.90 Å². The van der Waals surface area contributed by atoms with Crippen molar-refractivity contribution in [2.45, 2.75) is 64.8 Å².